The minimum Gasteiger partial charge on any atom is -0.394 e. The van der Waals surface area contributed by atoms with Crippen molar-refractivity contribution in [2.45, 2.75) is 49.8 Å². The predicted octanol–water partition coefficient (Wildman–Crippen LogP) is 1.56. The molecule has 0 aromatic heterocycles. The predicted molar refractivity (Wildman–Crippen MR) is 114 cm³/mol. The lowest BCUT2D eigenvalue weighted by Crippen LogP contribution is -2.55. The molecular weight excluding hydrogens is 420 g/mol. The first-order valence-electron chi connectivity index (χ1n) is 10.7. The van der Waals surface area contributed by atoms with Crippen LogP contribution in [0.25, 0.3) is 0 Å². The Labute approximate surface area is 186 Å². The summed E-state index contributed by atoms with van der Waals surface area (Å²) in [6.45, 7) is 1.22. The van der Waals surface area contributed by atoms with Crippen LogP contribution in [0.2, 0.25) is 5.02 Å². The zero-order valence-corrected chi connectivity index (χ0v) is 17.8. The smallest absolute Gasteiger partial charge is 0.113 e. The number of hydrogen-bond donors (Lipinski definition) is 4. The van der Waals surface area contributed by atoms with Gasteiger partial charge in [0.15, 0.2) is 0 Å². The molecule has 0 radical (unpaired) electrons. The van der Waals surface area contributed by atoms with Crippen LogP contribution in [-0.4, -0.2) is 64.7 Å². The minimum atomic E-state index is -1.41. The summed E-state index contributed by atoms with van der Waals surface area (Å²) in [4.78, 5) is 0. The van der Waals surface area contributed by atoms with Gasteiger partial charge in [-0.2, -0.15) is 0 Å². The number of rotatable bonds is 4. The zero-order valence-electron chi connectivity index (χ0n) is 17.1. The third-order valence-electron chi connectivity index (χ3n) is 6.90. The summed E-state index contributed by atoms with van der Waals surface area (Å²) in [5, 5.41) is 40.7. The molecule has 2 aromatic carbocycles. The highest BCUT2D eigenvalue weighted by molar-refractivity contribution is 6.31. The van der Waals surface area contributed by atoms with E-state index >= 15 is 0 Å². The second-order valence-corrected chi connectivity index (χ2v) is 9.63. The fraction of sp³-hybridized carbons (Fsp3) is 0.500. The highest BCUT2D eigenvalue weighted by atomic mass is 35.5. The normalized spacial score (nSPS) is 31.5. The van der Waals surface area contributed by atoms with Crippen LogP contribution in [0.3, 0.4) is 0 Å². The van der Waals surface area contributed by atoms with Crippen molar-refractivity contribution in [1.29, 1.82) is 0 Å². The van der Waals surface area contributed by atoms with Crippen molar-refractivity contribution >= 4 is 11.6 Å². The van der Waals surface area contributed by atoms with E-state index in [1.807, 2.05) is 6.07 Å². The van der Waals surface area contributed by atoms with Gasteiger partial charge in [-0.05, 0) is 53.1 Å². The molecule has 4 N–H and O–H groups in total. The van der Waals surface area contributed by atoms with E-state index in [1.165, 1.54) is 11.1 Å². The van der Waals surface area contributed by atoms with Gasteiger partial charge in [-0.25, -0.2) is 0 Å². The van der Waals surface area contributed by atoms with Crippen LogP contribution in [0.15, 0.2) is 36.4 Å². The Morgan fingerprint density at radius 2 is 1.71 bits per heavy atom. The van der Waals surface area contributed by atoms with Crippen LogP contribution >= 0.6 is 11.6 Å². The number of ether oxygens (including phenoxy) is 2. The Bertz CT molecular complexity index is 973. The van der Waals surface area contributed by atoms with Crippen LogP contribution in [0.5, 0.6) is 0 Å². The number of benzene rings is 2. The molecule has 2 fully saturated rings. The maximum absolute atomic E-state index is 10.4. The second kappa shape index (κ2) is 8.12. The van der Waals surface area contributed by atoms with E-state index in [9.17, 15) is 20.4 Å². The Morgan fingerprint density at radius 1 is 0.935 bits per heavy atom. The van der Waals surface area contributed by atoms with Gasteiger partial charge < -0.3 is 29.9 Å². The van der Waals surface area contributed by atoms with Crippen molar-refractivity contribution in [2.75, 3.05) is 19.8 Å². The molecule has 5 rings (SSSR count). The molecule has 3 aliphatic rings. The molecule has 2 aromatic rings. The maximum atomic E-state index is 10.4. The van der Waals surface area contributed by atoms with Crippen molar-refractivity contribution in [2.24, 2.45) is 5.41 Å². The van der Waals surface area contributed by atoms with Gasteiger partial charge in [0.05, 0.1) is 19.8 Å². The van der Waals surface area contributed by atoms with Crippen molar-refractivity contribution in [3.63, 3.8) is 0 Å². The average molecular weight is 447 g/mol. The number of hydrogen-bond acceptors (Lipinski definition) is 6. The maximum Gasteiger partial charge on any atom is 0.113 e. The van der Waals surface area contributed by atoms with E-state index in [2.05, 4.69) is 18.2 Å². The van der Waals surface area contributed by atoms with E-state index in [1.54, 1.807) is 12.1 Å². The molecule has 0 amide bonds. The molecule has 7 heteroatoms. The molecule has 2 aliphatic heterocycles. The molecule has 1 unspecified atom stereocenters. The SMILES string of the molecule is OC[C@H]1OC(c2ccc(Cl)c(Cc3ccc4c(c3)CC3(COC3)C4)c2)[C@H](O)[C@@H](O)[C@@H]1O. The Balaban J connectivity index is 1.38. The van der Waals surface area contributed by atoms with Gasteiger partial charge in [0.1, 0.15) is 30.5 Å². The van der Waals surface area contributed by atoms with Gasteiger partial charge in [-0.1, -0.05) is 41.9 Å². The van der Waals surface area contributed by atoms with Gasteiger partial charge in [0, 0.05) is 10.4 Å². The highest BCUT2D eigenvalue weighted by Gasteiger charge is 2.44. The molecule has 166 valence electrons. The topological polar surface area (TPSA) is 99.4 Å². The molecule has 1 aliphatic carbocycles. The summed E-state index contributed by atoms with van der Waals surface area (Å²) < 4.78 is 11.1. The summed E-state index contributed by atoms with van der Waals surface area (Å²) >= 11 is 6.47. The molecule has 5 atom stereocenters. The van der Waals surface area contributed by atoms with Gasteiger partial charge in [-0.15, -0.1) is 0 Å². The molecule has 1 spiro atoms. The van der Waals surface area contributed by atoms with Crippen molar-refractivity contribution in [3.8, 4) is 0 Å². The van der Waals surface area contributed by atoms with Crippen molar-refractivity contribution in [1.82, 2.24) is 0 Å². The number of aliphatic hydroxyl groups is 4. The van der Waals surface area contributed by atoms with Crippen LogP contribution in [0, 0.1) is 5.41 Å². The lowest BCUT2D eigenvalue weighted by Gasteiger charge is -2.40. The summed E-state index contributed by atoms with van der Waals surface area (Å²) in [5.74, 6) is 0. The number of halogens is 1. The average Bonchev–Trinajstić information content (AvgIpc) is 3.14. The van der Waals surface area contributed by atoms with Gasteiger partial charge >= 0.3 is 0 Å². The monoisotopic (exact) mass is 446 g/mol. The molecule has 0 bridgehead atoms. The van der Waals surface area contributed by atoms with E-state index in [0.29, 0.717) is 22.4 Å². The molecule has 6 nitrogen and oxygen atoms in total. The Kier molecular flexibility index (Phi) is 5.59. The first kappa shape index (κ1) is 21.3. The quantitative estimate of drug-likeness (QED) is 0.569. The molecule has 0 saturated carbocycles. The fourth-order valence-corrected chi connectivity index (χ4v) is 5.28. The van der Waals surface area contributed by atoms with Crippen LogP contribution in [-0.2, 0) is 28.7 Å². The van der Waals surface area contributed by atoms with Crippen molar-refractivity contribution in [3.05, 3.63) is 69.2 Å². The zero-order chi connectivity index (χ0) is 21.8. The molecule has 2 saturated heterocycles. The van der Waals surface area contributed by atoms with Crippen LogP contribution < -0.4 is 0 Å². The summed E-state index contributed by atoms with van der Waals surface area (Å²) in [6, 6.07) is 11.9. The molecule has 2 heterocycles. The second-order valence-electron chi connectivity index (χ2n) is 9.23. The van der Waals surface area contributed by atoms with E-state index in [4.69, 9.17) is 21.1 Å². The number of fused-ring (bicyclic) bond motifs is 1. The minimum absolute atomic E-state index is 0.293. The highest BCUT2D eigenvalue weighted by Crippen LogP contribution is 2.43. The lowest BCUT2D eigenvalue weighted by atomic mass is 9.83. The fourth-order valence-electron chi connectivity index (χ4n) is 5.10. The summed E-state index contributed by atoms with van der Waals surface area (Å²) in [6.07, 6.45) is -3.15. The number of aliphatic hydroxyl groups excluding tert-OH is 4. The first-order valence-corrected chi connectivity index (χ1v) is 11.0. The molecular formula is C24H27ClO6. The van der Waals surface area contributed by atoms with Gasteiger partial charge in [0.2, 0.25) is 0 Å². The summed E-state index contributed by atoms with van der Waals surface area (Å²) in [7, 11) is 0. The van der Waals surface area contributed by atoms with E-state index in [-0.39, 0.29) is 0 Å². The first-order chi connectivity index (χ1) is 14.9. The van der Waals surface area contributed by atoms with Gasteiger partial charge in [0.25, 0.3) is 0 Å². The Morgan fingerprint density at radius 3 is 2.42 bits per heavy atom. The largest absolute Gasteiger partial charge is 0.394 e. The van der Waals surface area contributed by atoms with Gasteiger partial charge in [-0.3, -0.25) is 0 Å². The van der Waals surface area contributed by atoms with E-state index < -0.39 is 37.1 Å². The third-order valence-corrected chi connectivity index (χ3v) is 7.27. The van der Waals surface area contributed by atoms with Crippen molar-refractivity contribution < 1.29 is 29.9 Å². The standard InChI is InChI=1S/C24H27ClO6/c25-18-4-3-14(23-22(29)21(28)20(27)19(10-26)31-23)7-16(18)5-13-1-2-15-8-24(11-30-12-24)9-17(15)6-13/h1-4,6-7,19-23,26-29H,5,8-12H2/t19-,20-,21+,22-,23?/m1/s1. The lowest BCUT2D eigenvalue weighted by molar-refractivity contribution is -0.231. The van der Waals surface area contributed by atoms with Crippen LogP contribution in [0.4, 0.5) is 0 Å². The molecule has 31 heavy (non-hydrogen) atoms. The van der Waals surface area contributed by atoms with E-state index in [0.717, 1.165) is 37.2 Å². The Hall–Kier alpha value is -1.51. The third kappa shape index (κ3) is 3.80. The summed E-state index contributed by atoms with van der Waals surface area (Å²) in [5.41, 5.74) is 5.75. The van der Waals surface area contributed by atoms with Crippen LogP contribution in [0.1, 0.15) is 33.9 Å².